The van der Waals surface area contributed by atoms with Gasteiger partial charge >= 0.3 is 0 Å². The summed E-state index contributed by atoms with van der Waals surface area (Å²) in [5, 5.41) is 0. The lowest BCUT2D eigenvalue weighted by atomic mass is 9.83. The molecule has 15 heavy (non-hydrogen) atoms. The summed E-state index contributed by atoms with van der Waals surface area (Å²) >= 11 is 0. The van der Waals surface area contributed by atoms with Gasteiger partial charge in [0.25, 0.3) is 0 Å². The summed E-state index contributed by atoms with van der Waals surface area (Å²) < 4.78 is 12.0. The average molecular weight is 214 g/mol. The Balaban J connectivity index is 2.55. The van der Waals surface area contributed by atoms with Gasteiger partial charge in [0.1, 0.15) is 0 Å². The highest BCUT2D eigenvalue weighted by Gasteiger charge is 2.39. The van der Waals surface area contributed by atoms with Crippen molar-refractivity contribution in [3.05, 3.63) is 0 Å². The molecule has 0 aromatic rings. The molecular weight excluding hydrogens is 188 g/mol. The fourth-order valence-electron chi connectivity index (χ4n) is 1.93. The number of rotatable bonds is 4. The third-order valence-electron chi connectivity index (χ3n) is 4.16. The molecule has 0 aliphatic carbocycles. The minimum atomic E-state index is -0.0136. The molecule has 1 fully saturated rings. The predicted molar refractivity (Wildman–Crippen MR) is 63.1 cm³/mol. The van der Waals surface area contributed by atoms with Crippen molar-refractivity contribution in [2.24, 2.45) is 5.41 Å². The molecule has 0 amide bonds. The van der Waals surface area contributed by atoms with Crippen LogP contribution in [-0.2, 0) is 9.47 Å². The van der Waals surface area contributed by atoms with E-state index in [2.05, 4.69) is 34.6 Å². The molecule has 1 aliphatic rings. The molecule has 2 heteroatoms. The Kier molecular flexibility index (Phi) is 4.19. The van der Waals surface area contributed by atoms with E-state index < -0.39 is 0 Å². The number of ether oxygens (including phenoxy) is 2. The van der Waals surface area contributed by atoms with Crippen LogP contribution in [0.3, 0.4) is 0 Å². The maximum absolute atomic E-state index is 6.04. The second kappa shape index (κ2) is 4.84. The zero-order valence-electron chi connectivity index (χ0n) is 10.9. The second-order valence-electron chi connectivity index (χ2n) is 5.34. The highest BCUT2D eigenvalue weighted by Crippen LogP contribution is 2.34. The highest BCUT2D eigenvalue weighted by molar-refractivity contribution is 4.87. The van der Waals surface area contributed by atoms with Crippen LogP contribution >= 0.6 is 0 Å². The van der Waals surface area contributed by atoms with E-state index in [1.54, 1.807) is 0 Å². The van der Waals surface area contributed by atoms with Crippen molar-refractivity contribution in [3.63, 3.8) is 0 Å². The summed E-state index contributed by atoms with van der Waals surface area (Å²) in [4.78, 5) is 0. The third kappa shape index (κ3) is 2.73. The Hall–Kier alpha value is -0.0800. The van der Waals surface area contributed by atoms with Gasteiger partial charge in [0.15, 0.2) is 0 Å². The van der Waals surface area contributed by atoms with Gasteiger partial charge in [-0.15, -0.1) is 0 Å². The maximum Gasteiger partial charge on any atom is 0.0911 e. The van der Waals surface area contributed by atoms with Crippen LogP contribution in [0.1, 0.15) is 53.9 Å². The Morgan fingerprint density at radius 1 is 1.20 bits per heavy atom. The molecule has 0 aromatic heterocycles. The monoisotopic (exact) mass is 214 g/mol. The van der Waals surface area contributed by atoms with Gasteiger partial charge in [-0.25, -0.2) is 0 Å². The van der Waals surface area contributed by atoms with Crippen LogP contribution in [0.2, 0.25) is 0 Å². The van der Waals surface area contributed by atoms with Crippen molar-refractivity contribution in [2.45, 2.75) is 65.6 Å². The first-order chi connectivity index (χ1) is 6.99. The third-order valence-corrected chi connectivity index (χ3v) is 4.16. The molecule has 0 spiro atoms. The molecule has 2 nitrogen and oxygen atoms in total. The molecule has 1 aliphatic heterocycles. The number of hydrogen-bond acceptors (Lipinski definition) is 2. The fourth-order valence-corrected chi connectivity index (χ4v) is 1.93. The lowest BCUT2D eigenvalue weighted by Gasteiger charge is -2.44. The lowest BCUT2D eigenvalue weighted by Crippen LogP contribution is -2.50. The standard InChI is InChI=1S/C13H26O2/c1-6-12(4,5)11-9-15-13(7-2,8-3)10-14-11/h11H,6-10H2,1-5H3. The molecule has 1 saturated heterocycles. The van der Waals surface area contributed by atoms with Crippen molar-refractivity contribution < 1.29 is 9.47 Å². The molecule has 0 bridgehead atoms. The van der Waals surface area contributed by atoms with Gasteiger partial charge in [0, 0.05) is 0 Å². The van der Waals surface area contributed by atoms with Gasteiger partial charge in [-0.3, -0.25) is 0 Å². The van der Waals surface area contributed by atoms with E-state index in [9.17, 15) is 0 Å². The topological polar surface area (TPSA) is 18.5 Å². The Morgan fingerprint density at radius 2 is 1.80 bits per heavy atom. The first-order valence-corrected chi connectivity index (χ1v) is 6.25. The first kappa shape index (κ1) is 13.0. The highest BCUT2D eigenvalue weighted by atomic mass is 16.6. The normalized spacial score (nSPS) is 26.6. The fraction of sp³-hybridized carbons (Fsp3) is 1.00. The second-order valence-corrected chi connectivity index (χ2v) is 5.34. The molecule has 1 rings (SSSR count). The molecular formula is C13H26O2. The summed E-state index contributed by atoms with van der Waals surface area (Å²) in [5.41, 5.74) is 0.216. The van der Waals surface area contributed by atoms with Gasteiger partial charge in [-0.05, 0) is 24.7 Å². The van der Waals surface area contributed by atoms with E-state index in [-0.39, 0.29) is 17.1 Å². The van der Waals surface area contributed by atoms with Crippen LogP contribution in [0.15, 0.2) is 0 Å². The summed E-state index contributed by atoms with van der Waals surface area (Å²) in [6.07, 6.45) is 3.48. The van der Waals surface area contributed by atoms with E-state index >= 15 is 0 Å². The van der Waals surface area contributed by atoms with E-state index in [0.29, 0.717) is 0 Å². The lowest BCUT2D eigenvalue weighted by molar-refractivity contribution is -0.217. The van der Waals surface area contributed by atoms with Crippen molar-refractivity contribution in [2.75, 3.05) is 13.2 Å². The SMILES string of the molecule is CCC1(CC)COC(C(C)(C)CC)CO1. The van der Waals surface area contributed by atoms with Crippen LogP contribution in [0.25, 0.3) is 0 Å². The van der Waals surface area contributed by atoms with Gasteiger partial charge in [-0.1, -0.05) is 34.6 Å². The van der Waals surface area contributed by atoms with E-state index in [1.807, 2.05) is 0 Å². The molecule has 1 heterocycles. The molecule has 0 radical (unpaired) electrons. The van der Waals surface area contributed by atoms with Gasteiger partial charge in [0.05, 0.1) is 24.9 Å². The molecule has 1 atom stereocenters. The van der Waals surface area contributed by atoms with Crippen LogP contribution in [-0.4, -0.2) is 24.9 Å². The van der Waals surface area contributed by atoms with Crippen molar-refractivity contribution in [1.82, 2.24) is 0 Å². The summed E-state index contributed by atoms with van der Waals surface area (Å²) in [6, 6.07) is 0. The minimum Gasteiger partial charge on any atom is -0.372 e. The smallest absolute Gasteiger partial charge is 0.0911 e. The maximum atomic E-state index is 6.04. The first-order valence-electron chi connectivity index (χ1n) is 6.25. The quantitative estimate of drug-likeness (QED) is 0.714. The Morgan fingerprint density at radius 3 is 2.13 bits per heavy atom. The molecule has 0 N–H and O–H groups in total. The summed E-state index contributed by atoms with van der Waals surface area (Å²) in [6.45, 7) is 12.6. The molecule has 0 aromatic carbocycles. The molecule has 0 saturated carbocycles. The van der Waals surface area contributed by atoms with E-state index in [0.717, 1.165) is 32.5 Å². The minimum absolute atomic E-state index is 0.0136. The average Bonchev–Trinajstić information content (AvgIpc) is 2.29. The van der Waals surface area contributed by atoms with Crippen LogP contribution in [0, 0.1) is 5.41 Å². The zero-order valence-corrected chi connectivity index (χ0v) is 10.9. The van der Waals surface area contributed by atoms with Crippen molar-refractivity contribution in [1.29, 1.82) is 0 Å². The van der Waals surface area contributed by atoms with Crippen molar-refractivity contribution in [3.8, 4) is 0 Å². The number of hydrogen-bond donors (Lipinski definition) is 0. The molecule has 90 valence electrons. The Bertz CT molecular complexity index is 185. The van der Waals surface area contributed by atoms with Crippen LogP contribution in [0.4, 0.5) is 0 Å². The zero-order chi connectivity index (χ0) is 11.5. The van der Waals surface area contributed by atoms with Crippen molar-refractivity contribution >= 4 is 0 Å². The summed E-state index contributed by atoms with van der Waals surface area (Å²) in [5.74, 6) is 0. The van der Waals surface area contributed by atoms with E-state index in [1.165, 1.54) is 0 Å². The van der Waals surface area contributed by atoms with E-state index in [4.69, 9.17) is 9.47 Å². The predicted octanol–water partition coefficient (Wildman–Crippen LogP) is 3.40. The van der Waals surface area contributed by atoms with Gasteiger partial charge in [-0.2, -0.15) is 0 Å². The molecule has 1 unspecified atom stereocenters. The van der Waals surface area contributed by atoms with Crippen LogP contribution < -0.4 is 0 Å². The van der Waals surface area contributed by atoms with Gasteiger partial charge < -0.3 is 9.47 Å². The summed E-state index contributed by atoms with van der Waals surface area (Å²) in [7, 11) is 0. The Labute approximate surface area is 94.3 Å². The largest absolute Gasteiger partial charge is 0.372 e. The van der Waals surface area contributed by atoms with Gasteiger partial charge in [0.2, 0.25) is 0 Å². The van der Waals surface area contributed by atoms with Crippen LogP contribution in [0.5, 0.6) is 0 Å².